The van der Waals surface area contributed by atoms with Gasteiger partial charge in [-0.15, -0.1) is 11.3 Å². The van der Waals surface area contributed by atoms with Gasteiger partial charge in [0, 0.05) is 10.4 Å². The number of carbonyl (C=O) groups excluding carboxylic acids is 1. The monoisotopic (exact) mass is 313 g/mol. The fraction of sp³-hybridized carbons (Fsp3) is 0.278. The number of rotatable bonds is 4. The van der Waals surface area contributed by atoms with Crippen LogP contribution in [0.4, 0.5) is 0 Å². The molecule has 2 aromatic rings. The molecule has 3 nitrogen and oxygen atoms in total. The van der Waals surface area contributed by atoms with Crippen LogP contribution in [0.25, 0.3) is 6.08 Å². The lowest BCUT2D eigenvalue weighted by Gasteiger charge is -2.23. The number of carbonyl (C=O) groups is 1. The highest BCUT2D eigenvalue weighted by Gasteiger charge is 2.23. The van der Waals surface area contributed by atoms with E-state index in [1.807, 2.05) is 41.8 Å². The number of nitrogens with one attached hydrogen (secondary N) is 1. The third-order valence-corrected chi connectivity index (χ3v) is 4.68. The lowest BCUT2D eigenvalue weighted by Crippen LogP contribution is -2.34. The number of ether oxygens (including phenoxy) is 1. The zero-order valence-electron chi connectivity index (χ0n) is 12.7. The van der Waals surface area contributed by atoms with Gasteiger partial charge in [-0.3, -0.25) is 4.79 Å². The van der Waals surface area contributed by atoms with Crippen LogP contribution < -0.4 is 10.1 Å². The number of para-hydroxylation sites is 1. The summed E-state index contributed by atoms with van der Waals surface area (Å²) < 4.78 is 5.66. The molecule has 1 amide bonds. The summed E-state index contributed by atoms with van der Waals surface area (Å²) in [7, 11) is 0. The highest BCUT2D eigenvalue weighted by Crippen LogP contribution is 2.28. The number of hydrogen-bond acceptors (Lipinski definition) is 3. The zero-order chi connectivity index (χ0) is 15.5. The van der Waals surface area contributed by atoms with Crippen LogP contribution in [0, 0.1) is 5.92 Å². The topological polar surface area (TPSA) is 38.3 Å². The van der Waals surface area contributed by atoms with E-state index in [1.54, 1.807) is 11.3 Å². The Balaban J connectivity index is 1.78. The van der Waals surface area contributed by atoms with Crippen LogP contribution in [0.2, 0.25) is 0 Å². The molecule has 1 atom stereocenters. The second-order valence-corrected chi connectivity index (χ2v) is 6.69. The Morgan fingerprint density at radius 2 is 2.05 bits per heavy atom. The highest BCUT2D eigenvalue weighted by atomic mass is 32.1. The highest BCUT2D eigenvalue weighted by molar-refractivity contribution is 7.10. The Hall–Kier alpha value is -2.07. The van der Waals surface area contributed by atoms with Crippen molar-refractivity contribution in [3.63, 3.8) is 0 Å². The second-order valence-electron chi connectivity index (χ2n) is 5.71. The van der Waals surface area contributed by atoms with Crippen molar-refractivity contribution >= 4 is 23.3 Å². The average Bonchev–Trinajstić information content (AvgIpc) is 3.05. The predicted molar refractivity (Wildman–Crippen MR) is 90.0 cm³/mol. The smallest absolute Gasteiger partial charge is 0.251 e. The van der Waals surface area contributed by atoms with E-state index >= 15 is 0 Å². The number of fused-ring (bicyclic) bond motifs is 1. The molecule has 0 saturated carbocycles. The summed E-state index contributed by atoms with van der Waals surface area (Å²) in [5, 5.41) is 5.18. The Morgan fingerprint density at radius 1 is 1.23 bits per heavy atom. The summed E-state index contributed by atoms with van der Waals surface area (Å²) in [5.74, 6) is 1.11. The molecule has 0 fully saturated rings. The summed E-state index contributed by atoms with van der Waals surface area (Å²) >= 11 is 1.67. The largest absolute Gasteiger partial charge is 0.488 e. The van der Waals surface area contributed by atoms with Gasteiger partial charge in [0.1, 0.15) is 12.4 Å². The van der Waals surface area contributed by atoms with Crippen molar-refractivity contribution in [2.45, 2.75) is 19.9 Å². The number of thiophene rings is 1. The van der Waals surface area contributed by atoms with E-state index < -0.39 is 0 Å². The van der Waals surface area contributed by atoms with Crippen LogP contribution in [0.3, 0.4) is 0 Å². The van der Waals surface area contributed by atoms with Gasteiger partial charge in [-0.1, -0.05) is 38.1 Å². The second kappa shape index (κ2) is 6.36. The molecule has 1 N–H and O–H groups in total. The molecule has 1 aliphatic heterocycles. The zero-order valence-corrected chi connectivity index (χ0v) is 13.5. The molecule has 0 radical (unpaired) electrons. The fourth-order valence-electron chi connectivity index (χ4n) is 2.52. The van der Waals surface area contributed by atoms with Crippen molar-refractivity contribution in [2.24, 2.45) is 5.92 Å². The van der Waals surface area contributed by atoms with Gasteiger partial charge in [-0.2, -0.15) is 0 Å². The molecule has 0 saturated heterocycles. The SMILES string of the molecule is CC(C)[C@@H](NC(=O)C1=Cc2ccccc2OC1)c1cccs1. The number of amides is 1. The molecule has 3 rings (SSSR count). The quantitative estimate of drug-likeness (QED) is 0.925. The lowest BCUT2D eigenvalue weighted by atomic mass is 10.0. The fourth-order valence-corrected chi connectivity index (χ4v) is 3.46. The molecule has 0 unspecified atom stereocenters. The average molecular weight is 313 g/mol. The molecule has 4 heteroatoms. The Labute approximate surface area is 134 Å². The maximum absolute atomic E-state index is 12.6. The van der Waals surface area contributed by atoms with Crippen molar-refractivity contribution in [3.8, 4) is 5.75 Å². The molecule has 0 bridgehead atoms. The molecule has 1 aromatic heterocycles. The minimum atomic E-state index is -0.0541. The molecule has 0 aliphatic carbocycles. The minimum absolute atomic E-state index is 0.0329. The minimum Gasteiger partial charge on any atom is -0.488 e. The molecule has 114 valence electrons. The van der Waals surface area contributed by atoms with Crippen LogP contribution in [-0.4, -0.2) is 12.5 Å². The summed E-state index contributed by atoms with van der Waals surface area (Å²) in [6.45, 7) is 4.55. The molecular formula is C18H19NO2S. The van der Waals surface area contributed by atoms with Gasteiger partial charge in [0.2, 0.25) is 0 Å². The number of hydrogen-bond donors (Lipinski definition) is 1. The summed E-state index contributed by atoms with van der Waals surface area (Å²) in [5.41, 5.74) is 1.62. The maximum Gasteiger partial charge on any atom is 0.251 e. The van der Waals surface area contributed by atoms with Crippen LogP contribution in [-0.2, 0) is 4.79 Å². The summed E-state index contributed by atoms with van der Waals surface area (Å²) in [6.07, 6.45) is 1.92. The van der Waals surface area contributed by atoms with Gasteiger partial charge >= 0.3 is 0 Å². The maximum atomic E-state index is 12.6. The Morgan fingerprint density at radius 3 is 2.77 bits per heavy atom. The Kier molecular flexibility index (Phi) is 4.29. The number of benzene rings is 1. The summed E-state index contributed by atoms with van der Waals surface area (Å²) in [4.78, 5) is 13.7. The van der Waals surface area contributed by atoms with Crippen molar-refractivity contribution in [2.75, 3.05) is 6.61 Å². The first-order valence-corrected chi connectivity index (χ1v) is 8.30. The van der Waals surface area contributed by atoms with Gasteiger partial charge in [-0.25, -0.2) is 0 Å². The molecular weight excluding hydrogens is 294 g/mol. The van der Waals surface area contributed by atoms with E-state index in [1.165, 1.54) is 4.88 Å². The van der Waals surface area contributed by atoms with Crippen molar-refractivity contribution in [1.29, 1.82) is 0 Å². The van der Waals surface area contributed by atoms with Gasteiger partial charge in [0.15, 0.2) is 0 Å². The first-order valence-electron chi connectivity index (χ1n) is 7.42. The van der Waals surface area contributed by atoms with E-state index in [0.717, 1.165) is 11.3 Å². The first kappa shape index (κ1) is 14.9. The molecule has 1 aliphatic rings. The van der Waals surface area contributed by atoms with Gasteiger partial charge in [0.25, 0.3) is 5.91 Å². The van der Waals surface area contributed by atoms with Crippen molar-refractivity contribution in [3.05, 3.63) is 57.8 Å². The van der Waals surface area contributed by atoms with E-state index in [4.69, 9.17) is 4.74 Å². The van der Waals surface area contributed by atoms with E-state index in [0.29, 0.717) is 18.1 Å². The van der Waals surface area contributed by atoms with Crippen LogP contribution >= 0.6 is 11.3 Å². The standard InChI is InChI=1S/C18H19NO2S/c1-12(2)17(16-8-5-9-22-16)19-18(20)14-10-13-6-3-4-7-15(13)21-11-14/h3-10,12,17H,11H2,1-2H3,(H,19,20)/t17-/m1/s1. The van der Waals surface area contributed by atoms with Gasteiger partial charge < -0.3 is 10.1 Å². The van der Waals surface area contributed by atoms with Crippen molar-refractivity contribution in [1.82, 2.24) is 5.32 Å². The van der Waals surface area contributed by atoms with Gasteiger partial charge in [-0.05, 0) is 29.5 Å². The van der Waals surface area contributed by atoms with Crippen LogP contribution in [0.15, 0.2) is 47.4 Å². The summed E-state index contributed by atoms with van der Waals surface area (Å²) in [6, 6.07) is 11.9. The third-order valence-electron chi connectivity index (χ3n) is 3.73. The van der Waals surface area contributed by atoms with Crippen LogP contribution in [0.5, 0.6) is 5.75 Å². The van der Waals surface area contributed by atoms with E-state index in [2.05, 4.69) is 25.2 Å². The lowest BCUT2D eigenvalue weighted by molar-refractivity contribution is -0.118. The van der Waals surface area contributed by atoms with Crippen LogP contribution in [0.1, 0.15) is 30.3 Å². The van der Waals surface area contributed by atoms with Gasteiger partial charge in [0.05, 0.1) is 11.6 Å². The normalized spacial score (nSPS) is 14.8. The third kappa shape index (κ3) is 3.07. The van der Waals surface area contributed by atoms with Crippen molar-refractivity contribution < 1.29 is 9.53 Å². The Bertz CT molecular complexity index is 689. The molecule has 0 spiro atoms. The molecule has 2 heterocycles. The predicted octanol–water partition coefficient (Wildman–Crippen LogP) is 4.04. The first-order chi connectivity index (χ1) is 10.6. The molecule has 22 heavy (non-hydrogen) atoms. The molecule has 1 aromatic carbocycles. The van der Waals surface area contributed by atoms with E-state index in [9.17, 15) is 4.79 Å². The van der Waals surface area contributed by atoms with E-state index in [-0.39, 0.29) is 11.9 Å².